The number of hydrogen-bond donors (Lipinski definition) is 2. The molecule has 0 radical (unpaired) electrons. The van der Waals surface area contributed by atoms with Gasteiger partial charge in [0.25, 0.3) is 0 Å². The molecule has 0 spiro atoms. The van der Waals surface area contributed by atoms with Crippen molar-refractivity contribution >= 4 is 40.2 Å². The van der Waals surface area contributed by atoms with Crippen molar-refractivity contribution in [3.63, 3.8) is 0 Å². The fourth-order valence-corrected chi connectivity index (χ4v) is 3.21. The molecule has 8 nitrogen and oxygen atoms in total. The van der Waals surface area contributed by atoms with E-state index in [2.05, 4.69) is 15.4 Å². The van der Waals surface area contributed by atoms with Crippen LogP contribution >= 0.6 is 11.6 Å². The van der Waals surface area contributed by atoms with Gasteiger partial charge in [-0.1, -0.05) is 11.6 Å². The Morgan fingerprint density at radius 2 is 2.18 bits per heavy atom. The largest absolute Gasteiger partial charge is 0.450 e. The van der Waals surface area contributed by atoms with Crippen LogP contribution in [0.1, 0.15) is 12.8 Å². The smallest absolute Gasteiger partial charge is 0.229 e. The number of nitrogen functional groups attached to an aromatic ring is 1. The number of anilines is 3. The minimum atomic E-state index is -0.575. The van der Waals surface area contributed by atoms with Crippen LogP contribution in [0.2, 0.25) is 5.02 Å². The van der Waals surface area contributed by atoms with E-state index in [1.165, 1.54) is 27.9 Å². The van der Waals surface area contributed by atoms with Crippen LogP contribution < -0.4 is 20.7 Å². The maximum atomic E-state index is 14.8. The molecule has 3 aromatic rings. The van der Waals surface area contributed by atoms with Gasteiger partial charge in [0, 0.05) is 26.1 Å². The van der Waals surface area contributed by atoms with E-state index in [0.29, 0.717) is 11.4 Å². The molecular formula is C18H18ClFN6O2. The molecule has 1 aliphatic rings. The molecular weight excluding hydrogens is 387 g/mol. The Morgan fingerprint density at radius 1 is 1.43 bits per heavy atom. The number of aromatic nitrogens is 3. The number of carbonyl (C=O) groups is 1. The first-order valence-electron chi connectivity index (χ1n) is 8.64. The average molecular weight is 405 g/mol. The van der Waals surface area contributed by atoms with Crippen LogP contribution in [0.4, 0.5) is 21.6 Å². The highest BCUT2D eigenvalue weighted by Crippen LogP contribution is 2.39. The van der Waals surface area contributed by atoms with E-state index < -0.39 is 5.82 Å². The van der Waals surface area contributed by atoms with E-state index in [4.69, 9.17) is 22.1 Å². The van der Waals surface area contributed by atoms with Crippen molar-refractivity contribution in [2.45, 2.75) is 12.8 Å². The lowest BCUT2D eigenvalue weighted by atomic mass is 10.3. The fourth-order valence-electron chi connectivity index (χ4n) is 2.93. The van der Waals surface area contributed by atoms with E-state index in [0.717, 1.165) is 12.8 Å². The number of pyridine rings is 2. The first kappa shape index (κ1) is 18.3. The van der Waals surface area contributed by atoms with Gasteiger partial charge in [0.2, 0.25) is 5.91 Å². The Hall–Kier alpha value is -3.07. The Morgan fingerprint density at radius 3 is 2.86 bits per heavy atom. The summed E-state index contributed by atoms with van der Waals surface area (Å²) in [5.41, 5.74) is 6.72. The Labute approximate surface area is 165 Å². The van der Waals surface area contributed by atoms with Gasteiger partial charge in [0.1, 0.15) is 16.4 Å². The van der Waals surface area contributed by atoms with Gasteiger partial charge in [-0.05, 0) is 12.8 Å². The summed E-state index contributed by atoms with van der Waals surface area (Å²) in [6.45, 7) is 0. The van der Waals surface area contributed by atoms with Crippen LogP contribution in [0.3, 0.4) is 0 Å². The minimum absolute atomic E-state index is 0.0262. The van der Waals surface area contributed by atoms with Crippen LogP contribution in [0.25, 0.3) is 5.52 Å². The van der Waals surface area contributed by atoms with Crippen LogP contribution in [0.15, 0.2) is 24.7 Å². The second-order valence-corrected chi connectivity index (χ2v) is 6.95. The lowest BCUT2D eigenvalue weighted by Crippen LogP contribution is -2.28. The van der Waals surface area contributed by atoms with E-state index in [1.807, 2.05) is 0 Å². The molecule has 0 unspecified atom stereocenters. The van der Waals surface area contributed by atoms with Crippen molar-refractivity contribution in [3.05, 3.63) is 35.5 Å². The number of fused-ring (bicyclic) bond motifs is 1. The second-order valence-electron chi connectivity index (χ2n) is 6.57. The Kier molecular flexibility index (Phi) is 4.46. The van der Waals surface area contributed by atoms with Crippen molar-refractivity contribution in [2.24, 2.45) is 5.92 Å². The number of ether oxygens (including phenoxy) is 1. The predicted molar refractivity (Wildman–Crippen MR) is 105 cm³/mol. The molecule has 3 N–H and O–H groups in total. The summed E-state index contributed by atoms with van der Waals surface area (Å²) in [7, 11) is 3.28. The zero-order valence-corrected chi connectivity index (χ0v) is 16.0. The zero-order valence-electron chi connectivity index (χ0n) is 15.2. The first-order chi connectivity index (χ1) is 13.4. The maximum absolute atomic E-state index is 14.8. The van der Waals surface area contributed by atoms with Gasteiger partial charge in [-0.2, -0.15) is 5.10 Å². The highest BCUT2D eigenvalue weighted by molar-refractivity contribution is 6.35. The molecule has 0 aliphatic heterocycles. The first-order valence-corrected chi connectivity index (χ1v) is 9.02. The number of halogens is 2. The maximum Gasteiger partial charge on any atom is 0.229 e. The van der Waals surface area contributed by atoms with Crippen molar-refractivity contribution in [1.29, 1.82) is 0 Å². The van der Waals surface area contributed by atoms with Gasteiger partial charge >= 0.3 is 0 Å². The summed E-state index contributed by atoms with van der Waals surface area (Å²) >= 11 is 6.29. The van der Waals surface area contributed by atoms with Gasteiger partial charge in [-0.3, -0.25) is 4.79 Å². The summed E-state index contributed by atoms with van der Waals surface area (Å²) in [5, 5.41) is 7.21. The van der Waals surface area contributed by atoms with E-state index >= 15 is 0 Å². The zero-order chi connectivity index (χ0) is 20.0. The highest BCUT2D eigenvalue weighted by Gasteiger charge is 2.33. The molecule has 0 atom stereocenters. The van der Waals surface area contributed by atoms with Crippen molar-refractivity contribution < 1.29 is 13.9 Å². The van der Waals surface area contributed by atoms with E-state index in [1.54, 1.807) is 20.3 Å². The normalized spacial score (nSPS) is 13.6. The molecule has 28 heavy (non-hydrogen) atoms. The summed E-state index contributed by atoms with van der Waals surface area (Å²) in [6, 6.07) is 1.28. The lowest BCUT2D eigenvalue weighted by Gasteiger charge is -2.17. The number of nitrogens with two attached hydrogens (primary N) is 1. The van der Waals surface area contributed by atoms with Crippen molar-refractivity contribution in [3.8, 4) is 11.5 Å². The van der Waals surface area contributed by atoms with Gasteiger partial charge in [0.15, 0.2) is 17.3 Å². The Bertz CT molecular complexity index is 1080. The quantitative estimate of drug-likeness (QED) is 0.677. The molecule has 0 bridgehead atoms. The van der Waals surface area contributed by atoms with Gasteiger partial charge in [-0.25, -0.2) is 13.9 Å². The molecule has 3 aromatic heterocycles. The number of rotatable bonds is 5. The minimum Gasteiger partial charge on any atom is -0.450 e. The molecule has 0 aromatic carbocycles. The predicted octanol–water partition coefficient (Wildman–Crippen LogP) is 3.31. The van der Waals surface area contributed by atoms with Crippen molar-refractivity contribution in [2.75, 3.05) is 30.0 Å². The van der Waals surface area contributed by atoms with E-state index in [-0.39, 0.29) is 39.7 Å². The molecule has 1 saturated carbocycles. The van der Waals surface area contributed by atoms with Crippen LogP contribution in [0, 0.1) is 11.7 Å². The Balaban J connectivity index is 1.69. The molecule has 10 heteroatoms. The summed E-state index contributed by atoms with van der Waals surface area (Å²) < 4.78 is 21.9. The monoisotopic (exact) mass is 404 g/mol. The average Bonchev–Trinajstić information content (AvgIpc) is 3.44. The highest BCUT2D eigenvalue weighted by atomic mass is 35.5. The third kappa shape index (κ3) is 3.07. The number of nitrogens with one attached hydrogen (secondary N) is 1. The summed E-state index contributed by atoms with van der Waals surface area (Å²) in [6.07, 6.45) is 6.05. The molecule has 1 fully saturated rings. The molecule has 4 rings (SSSR count). The lowest BCUT2D eigenvalue weighted by molar-refractivity contribution is -0.119. The number of amides is 1. The van der Waals surface area contributed by atoms with Gasteiger partial charge in [0.05, 0.1) is 30.0 Å². The molecule has 1 aliphatic carbocycles. The van der Waals surface area contributed by atoms with Gasteiger partial charge < -0.3 is 20.7 Å². The number of nitrogens with zero attached hydrogens (tertiary/aromatic N) is 4. The molecule has 146 valence electrons. The summed E-state index contributed by atoms with van der Waals surface area (Å²) in [5.74, 6) is 0.0200. The summed E-state index contributed by atoms with van der Waals surface area (Å²) in [4.78, 5) is 17.7. The van der Waals surface area contributed by atoms with Crippen LogP contribution in [0.5, 0.6) is 11.5 Å². The standard InChI is InChI=1S/C18H18ClFN6O2/c1-22-15-14(19)12(6-23-17(15)21)28-13-7-24-26-8-10(5-11(20)16(13)26)25(2)18(27)9-3-4-9/h5-9,22H,3-4H2,1-2H3,(H2,21,23). The molecule has 3 heterocycles. The van der Waals surface area contributed by atoms with Crippen LogP contribution in [-0.2, 0) is 4.79 Å². The molecule has 1 amide bonds. The van der Waals surface area contributed by atoms with Crippen LogP contribution in [-0.4, -0.2) is 34.6 Å². The fraction of sp³-hybridized carbons (Fsp3) is 0.278. The van der Waals surface area contributed by atoms with Gasteiger partial charge in [-0.15, -0.1) is 0 Å². The SMILES string of the molecule is CNc1c(N)ncc(Oc2cnn3cc(N(C)C(=O)C4CC4)cc(F)c23)c1Cl. The third-order valence-corrected chi connectivity index (χ3v) is 5.02. The second kappa shape index (κ2) is 6.83. The third-order valence-electron chi connectivity index (χ3n) is 4.64. The number of hydrogen-bond acceptors (Lipinski definition) is 6. The number of carbonyl (C=O) groups excluding carboxylic acids is 1. The topological polar surface area (TPSA) is 97.8 Å². The van der Waals surface area contributed by atoms with Crippen molar-refractivity contribution in [1.82, 2.24) is 14.6 Å². The van der Waals surface area contributed by atoms with E-state index in [9.17, 15) is 9.18 Å². The molecule has 0 saturated heterocycles.